The fourth-order valence-corrected chi connectivity index (χ4v) is 1.74. The molecule has 0 unspecified atom stereocenters. The molecule has 1 aromatic heterocycles. The number of aromatic nitrogens is 2. The van der Waals surface area contributed by atoms with Crippen LogP contribution in [0.1, 0.15) is 25.1 Å². The molecule has 1 heterocycles. The highest BCUT2D eigenvalue weighted by Crippen LogP contribution is 2.13. The van der Waals surface area contributed by atoms with Crippen LogP contribution < -0.4 is 15.7 Å². The van der Waals surface area contributed by atoms with Crippen molar-refractivity contribution >= 4 is 12.2 Å². The van der Waals surface area contributed by atoms with Crippen LogP contribution in [0.3, 0.4) is 0 Å². The van der Waals surface area contributed by atoms with Gasteiger partial charge in [0, 0.05) is 11.8 Å². The van der Waals surface area contributed by atoms with Gasteiger partial charge in [-0.15, -0.1) is 0 Å². The maximum Gasteiger partial charge on any atom is 0.252 e. The molecule has 0 amide bonds. The molecule has 110 valence electrons. The summed E-state index contributed by atoms with van der Waals surface area (Å²) in [5, 5.41) is 4.05. The Morgan fingerprint density at radius 2 is 2.19 bits per heavy atom. The van der Waals surface area contributed by atoms with Crippen LogP contribution in [0.15, 0.2) is 40.2 Å². The SMILES string of the molecule is Cc1cc(=O)[nH]c(N/N=C/c2cccc(OC(C)C)c2)n1. The third kappa shape index (κ3) is 4.76. The molecule has 2 N–H and O–H groups in total. The summed E-state index contributed by atoms with van der Waals surface area (Å²) in [6.45, 7) is 5.70. The summed E-state index contributed by atoms with van der Waals surface area (Å²) >= 11 is 0. The van der Waals surface area contributed by atoms with Crippen LogP contribution >= 0.6 is 0 Å². The lowest BCUT2D eigenvalue weighted by atomic mass is 10.2. The standard InChI is InChI=1S/C15H18N4O2/c1-10(2)21-13-6-4-5-12(8-13)9-16-19-15-17-11(3)7-14(20)18-15/h4-10H,1-3H3,(H2,17,18,19,20)/b16-9+. The number of hydrazone groups is 1. The van der Waals surface area contributed by atoms with E-state index >= 15 is 0 Å². The van der Waals surface area contributed by atoms with Gasteiger partial charge in [-0.1, -0.05) is 12.1 Å². The first-order chi connectivity index (χ1) is 10.0. The second-order valence-corrected chi connectivity index (χ2v) is 4.84. The van der Waals surface area contributed by atoms with E-state index in [1.165, 1.54) is 6.07 Å². The van der Waals surface area contributed by atoms with Crippen LogP contribution in [0.4, 0.5) is 5.95 Å². The molecule has 2 rings (SSSR count). The molecule has 0 spiro atoms. The summed E-state index contributed by atoms with van der Waals surface area (Å²) in [7, 11) is 0. The first-order valence-corrected chi connectivity index (χ1v) is 6.67. The molecule has 6 nitrogen and oxygen atoms in total. The first kappa shape index (κ1) is 14.8. The average Bonchev–Trinajstić information content (AvgIpc) is 2.37. The number of aryl methyl sites for hydroxylation is 1. The molecule has 0 bridgehead atoms. The van der Waals surface area contributed by atoms with Crippen molar-refractivity contribution in [1.82, 2.24) is 9.97 Å². The Bertz CT molecular complexity index is 692. The van der Waals surface area contributed by atoms with E-state index in [1.54, 1.807) is 13.1 Å². The lowest BCUT2D eigenvalue weighted by Crippen LogP contribution is -2.10. The van der Waals surface area contributed by atoms with Crippen LogP contribution in [0.2, 0.25) is 0 Å². The molecule has 2 aromatic rings. The van der Waals surface area contributed by atoms with E-state index < -0.39 is 0 Å². The number of ether oxygens (including phenoxy) is 1. The Hall–Kier alpha value is -2.63. The van der Waals surface area contributed by atoms with Crippen molar-refractivity contribution in [3.05, 3.63) is 51.9 Å². The molecule has 0 radical (unpaired) electrons. The van der Waals surface area contributed by atoms with E-state index in [2.05, 4.69) is 20.5 Å². The molecule has 1 aromatic carbocycles. The minimum atomic E-state index is -0.215. The van der Waals surface area contributed by atoms with Crippen molar-refractivity contribution in [2.24, 2.45) is 5.10 Å². The van der Waals surface area contributed by atoms with Gasteiger partial charge in [-0.05, 0) is 38.5 Å². The largest absolute Gasteiger partial charge is 0.491 e. The van der Waals surface area contributed by atoms with Crippen LogP contribution in [-0.4, -0.2) is 22.3 Å². The number of H-pyrrole nitrogens is 1. The van der Waals surface area contributed by atoms with E-state index in [9.17, 15) is 4.79 Å². The Kier molecular flexibility index (Phi) is 4.71. The molecule has 0 saturated carbocycles. The molecule has 0 aliphatic rings. The molecule has 6 heteroatoms. The normalized spacial score (nSPS) is 11.0. The van der Waals surface area contributed by atoms with Gasteiger partial charge in [-0.3, -0.25) is 9.78 Å². The van der Waals surface area contributed by atoms with Crippen LogP contribution in [-0.2, 0) is 0 Å². The number of nitrogens with zero attached hydrogens (tertiary/aromatic N) is 2. The van der Waals surface area contributed by atoms with Crippen molar-refractivity contribution in [3.63, 3.8) is 0 Å². The van der Waals surface area contributed by atoms with Gasteiger partial charge >= 0.3 is 0 Å². The Morgan fingerprint density at radius 1 is 1.38 bits per heavy atom. The molecule has 0 atom stereocenters. The number of rotatable bonds is 5. The van der Waals surface area contributed by atoms with Gasteiger partial charge in [0.25, 0.3) is 5.56 Å². The number of hydrogen-bond acceptors (Lipinski definition) is 5. The van der Waals surface area contributed by atoms with E-state index in [0.717, 1.165) is 11.3 Å². The smallest absolute Gasteiger partial charge is 0.252 e. The minimum absolute atomic E-state index is 0.122. The monoisotopic (exact) mass is 286 g/mol. The quantitative estimate of drug-likeness (QED) is 0.653. The molecule has 0 saturated heterocycles. The van der Waals surface area contributed by atoms with Gasteiger partial charge in [-0.25, -0.2) is 10.4 Å². The maximum atomic E-state index is 11.3. The number of anilines is 1. The maximum absolute atomic E-state index is 11.3. The van der Waals surface area contributed by atoms with E-state index in [-0.39, 0.29) is 11.7 Å². The molecule has 21 heavy (non-hydrogen) atoms. The molecule has 0 aliphatic carbocycles. The first-order valence-electron chi connectivity index (χ1n) is 6.67. The lowest BCUT2D eigenvalue weighted by Gasteiger charge is -2.09. The van der Waals surface area contributed by atoms with Gasteiger partial charge < -0.3 is 4.74 Å². The number of nitrogens with one attached hydrogen (secondary N) is 2. The van der Waals surface area contributed by atoms with Gasteiger partial charge in [0.2, 0.25) is 5.95 Å². The summed E-state index contributed by atoms with van der Waals surface area (Å²) in [5.74, 6) is 1.10. The highest BCUT2D eigenvalue weighted by Gasteiger charge is 1.98. The van der Waals surface area contributed by atoms with Gasteiger partial charge in [0.1, 0.15) is 5.75 Å². The summed E-state index contributed by atoms with van der Waals surface area (Å²) in [4.78, 5) is 18.0. The molecular formula is C15H18N4O2. The summed E-state index contributed by atoms with van der Waals surface area (Å²) in [6, 6.07) is 9.00. The number of hydrogen-bond donors (Lipinski definition) is 2. The van der Waals surface area contributed by atoms with Gasteiger partial charge in [0.05, 0.1) is 12.3 Å². The van der Waals surface area contributed by atoms with Crippen molar-refractivity contribution in [3.8, 4) is 5.75 Å². The zero-order valence-electron chi connectivity index (χ0n) is 12.3. The fourth-order valence-electron chi connectivity index (χ4n) is 1.74. The van der Waals surface area contributed by atoms with Crippen LogP contribution in [0.25, 0.3) is 0 Å². The second kappa shape index (κ2) is 6.69. The second-order valence-electron chi connectivity index (χ2n) is 4.84. The van der Waals surface area contributed by atoms with E-state index in [4.69, 9.17) is 4.74 Å². The predicted octanol–water partition coefficient (Wildman–Crippen LogP) is 2.31. The Balaban J connectivity index is 2.05. The third-order valence-corrected chi connectivity index (χ3v) is 2.48. The molecule has 0 fully saturated rings. The third-order valence-electron chi connectivity index (χ3n) is 2.48. The van der Waals surface area contributed by atoms with Gasteiger partial charge in [0.15, 0.2) is 0 Å². The minimum Gasteiger partial charge on any atom is -0.491 e. The predicted molar refractivity (Wildman–Crippen MR) is 83.0 cm³/mol. The molecule has 0 aliphatic heterocycles. The van der Waals surface area contributed by atoms with Crippen LogP contribution in [0.5, 0.6) is 5.75 Å². The average molecular weight is 286 g/mol. The number of aromatic amines is 1. The van der Waals surface area contributed by atoms with Gasteiger partial charge in [-0.2, -0.15) is 5.10 Å². The Morgan fingerprint density at radius 3 is 2.90 bits per heavy atom. The summed E-state index contributed by atoms with van der Waals surface area (Å²) < 4.78 is 5.61. The fraction of sp³-hybridized carbons (Fsp3) is 0.267. The van der Waals surface area contributed by atoms with Crippen LogP contribution in [0, 0.1) is 6.92 Å². The Labute approximate surface area is 122 Å². The van der Waals surface area contributed by atoms with Crippen molar-refractivity contribution in [2.75, 3.05) is 5.43 Å². The zero-order chi connectivity index (χ0) is 15.2. The van der Waals surface area contributed by atoms with Crippen molar-refractivity contribution < 1.29 is 4.74 Å². The summed E-state index contributed by atoms with van der Waals surface area (Å²) in [5.41, 5.74) is 4.00. The lowest BCUT2D eigenvalue weighted by molar-refractivity contribution is 0.242. The highest BCUT2D eigenvalue weighted by molar-refractivity contribution is 5.80. The van der Waals surface area contributed by atoms with E-state index in [1.807, 2.05) is 38.1 Å². The van der Waals surface area contributed by atoms with Crippen molar-refractivity contribution in [1.29, 1.82) is 0 Å². The topological polar surface area (TPSA) is 79.4 Å². The number of benzene rings is 1. The summed E-state index contributed by atoms with van der Waals surface area (Å²) in [6.07, 6.45) is 1.76. The highest BCUT2D eigenvalue weighted by atomic mass is 16.5. The molecular weight excluding hydrogens is 268 g/mol. The van der Waals surface area contributed by atoms with Crippen molar-refractivity contribution in [2.45, 2.75) is 26.9 Å². The zero-order valence-corrected chi connectivity index (χ0v) is 12.3. The van der Waals surface area contributed by atoms with E-state index in [0.29, 0.717) is 11.6 Å².